The van der Waals surface area contributed by atoms with Gasteiger partial charge in [-0.25, -0.2) is 0 Å². The number of hydrogen-bond donors (Lipinski definition) is 0. The predicted octanol–water partition coefficient (Wildman–Crippen LogP) is 4.79. The van der Waals surface area contributed by atoms with Crippen LogP contribution >= 0.6 is 0 Å². The minimum absolute atomic E-state index is 1.08. The summed E-state index contributed by atoms with van der Waals surface area (Å²) in [5, 5.41) is 0. The fourth-order valence-electron chi connectivity index (χ4n) is 2.91. The molecular weight excluding hydrogens is 216 g/mol. The van der Waals surface area contributed by atoms with Gasteiger partial charge in [0.15, 0.2) is 0 Å². The van der Waals surface area contributed by atoms with Crippen molar-refractivity contribution in [3.63, 3.8) is 0 Å². The van der Waals surface area contributed by atoms with Crippen LogP contribution in [-0.2, 0) is 6.42 Å². The zero-order valence-corrected chi connectivity index (χ0v) is 11.2. The summed E-state index contributed by atoms with van der Waals surface area (Å²) in [6.07, 6.45) is 1.08. The average Bonchev–Trinajstić information content (AvgIpc) is 2.69. The Bertz CT molecular complexity index is 645. The summed E-state index contributed by atoms with van der Waals surface area (Å²) >= 11 is 0. The Morgan fingerprint density at radius 2 is 1.67 bits per heavy atom. The normalized spacial score (nSPS) is 13.9. The highest BCUT2D eigenvalue weighted by molar-refractivity contribution is 5.96. The zero-order chi connectivity index (χ0) is 12.7. The van der Waals surface area contributed by atoms with Gasteiger partial charge in [-0.2, -0.15) is 0 Å². The predicted molar refractivity (Wildman–Crippen MR) is 78.6 cm³/mol. The van der Waals surface area contributed by atoms with E-state index < -0.39 is 0 Å². The lowest BCUT2D eigenvalue weighted by Gasteiger charge is -2.05. The van der Waals surface area contributed by atoms with E-state index in [4.69, 9.17) is 0 Å². The second kappa shape index (κ2) is 4.13. The van der Waals surface area contributed by atoms with Crippen LogP contribution in [-0.4, -0.2) is 0 Å². The van der Waals surface area contributed by atoms with Crippen molar-refractivity contribution in [3.8, 4) is 0 Å². The second-order valence-electron chi connectivity index (χ2n) is 5.25. The molecular formula is C18H18. The molecule has 0 N–H and O–H groups in total. The van der Waals surface area contributed by atoms with Crippen molar-refractivity contribution in [2.45, 2.75) is 27.2 Å². The fraction of sp³-hybridized carbons (Fsp3) is 0.222. The van der Waals surface area contributed by atoms with Crippen molar-refractivity contribution in [2.75, 3.05) is 0 Å². The van der Waals surface area contributed by atoms with Gasteiger partial charge < -0.3 is 0 Å². The van der Waals surface area contributed by atoms with Gasteiger partial charge in [-0.3, -0.25) is 0 Å². The molecule has 0 heterocycles. The van der Waals surface area contributed by atoms with Gasteiger partial charge in [-0.05, 0) is 60.6 Å². The zero-order valence-electron chi connectivity index (χ0n) is 11.2. The van der Waals surface area contributed by atoms with Gasteiger partial charge in [0, 0.05) is 0 Å². The van der Waals surface area contributed by atoms with Crippen LogP contribution in [0.3, 0.4) is 0 Å². The monoisotopic (exact) mass is 234 g/mol. The van der Waals surface area contributed by atoms with E-state index in [1.165, 1.54) is 39.0 Å². The SMILES string of the molecule is CC1=C(c2cccc(C)c2)Cc2c(C)cccc21. The summed E-state index contributed by atoms with van der Waals surface area (Å²) in [6, 6.07) is 15.5. The molecule has 18 heavy (non-hydrogen) atoms. The molecule has 0 aromatic heterocycles. The van der Waals surface area contributed by atoms with Gasteiger partial charge >= 0.3 is 0 Å². The average molecular weight is 234 g/mol. The molecule has 0 nitrogen and oxygen atoms in total. The van der Waals surface area contributed by atoms with Crippen molar-refractivity contribution in [2.24, 2.45) is 0 Å². The van der Waals surface area contributed by atoms with Gasteiger partial charge in [-0.1, -0.05) is 48.0 Å². The molecule has 0 unspecified atom stereocenters. The summed E-state index contributed by atoms with van der Waals surface area (Å²) in [5.41, 5.74) is 10.00. The Hall–Kier alpha value is -1.82. The van der Waals surface area contributed by atoms with Crippen molar-refractivity contribution in [1.29, 1.82) is 0 Å². The molecule has 0 aliphatic heterocycles. The summed E-state index contributed by atoms with van der Waals surface area (Å²) in [6.45, 7) is 6.63. The van der Waals surface area contributed by atoms with E-state index in [9.17, 15) is 0 Å². The molecule has 0 fully saturated rings. The molecule has 2 aromatic rings. The summed E-state index contributed by atoms with van der Waals surface area (Å²) in [5.74, 6) is 0. The van der Waals surface area contributed by atoms with Crippen LogP contribution < -0.4 is 0 Å². The van der Waals surface area contributed by atoms with Gasteiger partial charge in [0.25, 0.3) is 0 Å². The van der Waals surface area contributed by atoms with Crippen LogP contribution in [0.25, 0.3) is 11.1 Å². The molecule has 0 atom stereocenters. The van der Waals surface area contributed by atoms with Gasteiger partial charge in [-0.15, -0.1) is 0 Å². The highest BCUT2D eigenvalue weighted by atomic mass is 14.2. The van der Waals surface area contributed by atoms with Crippen LogP contribution in [0.4, 0.5) is 0 Å². The lowest BCUT2D eigenvalue weighted by Crippen LogP contribution is -1.89. The van der Waals surface area contributed by atoms with E-state index in [2.05, 4.69) is 63.2 Å². The molecule has 3 rings (SSSR count). The molecule has 90 valence electrons. The standard InChI is InChI=1S/C18H18/c1-12-6-4-8-15(10-12)18-11-17-13(2)7-5-9-16(17)14(18)3/h4-10H,11H2,1-3H3. The Labute approximate surface area is 109 Å². The van der Waals surface area contributed by atoms with Crippen molar-refractivity contribution in [3.05, 3.63) is 70.3 Å². The maximum absolute atomic E-state index is 2.29. The minimum Gasteiger partial charge on any atom is -0.0614 e. The molecule has 0 saturated carbocycles. The van der Waals surface area contributed by atoms with Gasteiger partial charge in [0.1, 0.15) is 0 Å². The van der Waals surface area contributed by atoms with E-state index in [1.807, 2.05) is 0 Å². The molecule has 1 aliphatic rings. The first kappa shape index (κ1) is 11.3. The number of fused-ring (bicyclic) bond motifs is 1. The molecule has 0 spiro atoms. The van der Waals surface area contributed by atoms with Crippen molar-refractivity contribution >= 4 is 11.1 Å². The Balaban J connectivity index is 2.13. The lowest BCUT2D eigenvalue weighted by atomic mass is 9.99. The first-order valence-corrected chi connectivity index (χ1v) is 6.52. The van der Waals surface area contributed by atoms with E-state index >= 15 is 0 Å². The highest BCUT2D eigenvalue weighted by Crippen LogP contribution is 2.39. The maximum atomic E-state index is 2.29. The fourth-order valence-corrected chi connectivity index (χ4v) is 2.91. The molecule has 0 radical (unpaired) electrons. The summed E-state index contributed by atoms with van der Waals surface area (Å²) < 4.78 is 0. The third-order valence-corrected chi connectivity index (χ3v) is 3.99. The Morgan fingerprint density at radius 1 is 0.889 bits per heavy atom. The second-order valence-corrected chi connectivity index (χ2v) is 5.25. The molecule has 2 aromatic carbocycles. The van der Waals surface area contributed by atoms with Crippen LogP contribution in [0.5, 0.6) is 0 Å². The number of benzene rings is 2. The number of hydrogen-bond acceptors (Lipinski definition) is 0. The first-order chi connectivity index (χ1) is 8.66. The molecule has 0 bridgehead atoms. The lowest BCUT2D eigenvalue weighted by molar-refractivity contribution is 1.25. The molecule has 1 aliphatic carbocycles. The molecule has 0 heteroatoms. The van der Waals surface area contributed by atoms with E-state index in [-0.39, 0.29) is 0 Å². The van der Waals surface area contributed by atoms with E-state index in [0.29, 0.717) is 0 Å². The summed E-state index contributed by atoms with van der Waals surface area (Å²) in [7, 11) is 0. The number of aryl methyl sites for hydroxylation is 2. The third-order valence-electron chi connectivity index (χ3n) is 3.99. The van der Waals surface area contributed by atoms with Crippen LogP contribution in [0, 0.1) is 13.8 Å². The van der Waals surface area contributed by atoms with Gasteiger partial charge in [0.05, 0.1) is 0 Å². The smallest absolute Gasteiger partial charge is 0.000832 e. The maximum Gasteiger partial charge on any atom is -0.000832 e. The van der Waals surface area contributed by atoms with E-state index in [0.717, 1.165) is 6.42 Å². The van der Waals surface area contributed by atoms with Crippen LogP contribution in [0.15, 0.2) is 42.5 Å². The largest absolute Gasteiger partial charge is 0.0614 e. The van der Waals surface area contributed by atoms with Gasteiger partial charge in [0.2, 0.25) is 0 Å². The van der Waals surface area contributed by atoms with Crippen molar-refractivity contribution < 1.29 is 0 Å². The third kappa shape index (κ3) is 1.69. The highest BCUT2D eigenvalue weighted by Gasteiger charge is 2.20. The first-order valence-electron chi connectivity index (χ1n) is 6.52. The number of rotatable bonds is 1. The quantitative estimate of drug-likeness (QED) is 0.665. The number of allylic oxidation sites excluding steroid dienone is 2. The van der Waals surface area contributed by atoms with Crippen molar-refractivity contribution in [1.82, 2.24) is 0 Å². The molecule has 0 amide bonds. The van der Waals surface area contributed by atoms with Crippen LogP contribution in [0.2, 0.25) is 0 Å². The minimum atomic E-state index is 1.08. The molecule has 0 saturated heterocycles. The topological polar surface area (TPSA) is 0 Å². The van der Waals surface area contributed by atoms with E-state index in [1.54, 1.807) is 0 Å². The van der Waals surface area contributed by atoms with Crippen LogP contribution in [0.1, 0.15) is 34.7 Å². The Morgan fingerprint density at radius 3 is 2.39 bits per heavy atom. The summed E-state index contributed by atoms with van der Waals surface area (Å²) in [4.78, 5) is 0. The Kier molecular flexibility index (Phi) is 2.59.